The van der Waals surface area contributed by atoms with E-state index in [-0.39, 0.29) is 5.91 Å². The summed E-state index contributed by atoms with van der Waals surface area (Å²) in [6.07, 6.45) is 3.63. The summed E-state index contributed by atoms with van der Waals surface area (Å²) >= 11 is 3.50. The summed E-state index contributed by atoms with van der Waals surface area (Å²) in [5.41, 5.74) is 1.99. The molecule has 1 amide bonds. The van der Waals surface area contributed by atoms with Gasteiger partial charge in [0.2, 0.25) is 0 Å². The van der Waals surface area contributed by atoms with E-state index >= 15 is 0 Å². The van der Waals surface area contributed by atoms with E-state index in [2.05, 4.69) is 33.5 Å². The number of hydrogen-bond donors (Lipinski definition) is 0. The van der Waals surface area contributed by atoms with Gasteiger partial charge in [-0.3, -0.25) is 9.78 Å². The number of aromatic nitrogens is 1. The minimum absolute atomic E-state index is 0.138. The number of hydrogen-bond acceptors (Lipinski definition) is 5. The number of benzene rings is 1. The van der Waals surface area contributed by atoms with Crippen molar-refractivity contribution in [3.63, 3.8) is 0 Å². The molecule has 0 saturated carbocycles. The lowest BCUT2D eigenvalue weighted by atomic mass is 10.1. The van der Waals surface area contributed by atoms with Gasteiger partial charge in [0.15, 0.2) is 0 Å². The Morgan fingerprint density at radius 3 is 2.52 bits per heavy atom. The largest absolute Gasteiger partial charge is 0.368 e. The first-order valence-electron chi connectivity index (χ1n) is 9.00. The molecule has 3 heterocycles. The molecule has 0 atom stereocenters. The Morgan fingerprint density at radius 1 is 1.00 bits per heavy atom. The van der Waals surface area contributed by atoms with Crippen molar-refractivity contribution in [2.75, 3.05) is 31.1 Å². The van der Waals surface area contributed by atoms with Gasteiger partial charge < -0.3 is 9.80 Å². The van der Waals surface area contributed by atoms with Crippen molar-refractivity contribution >= 4 is 34.7 Å². The maximum Gasteiger partial charge on any atom is 0.255 e. The first kappa shape index (κ1) is 18.1. The lowest BCUT2D eigenvalue weighted by Gasteiger charge is -2.36. The maximum atomic E-state index is 13.1. The van der Waals surface area contributed by atoms with Gasteiger partial charge in [0, 0.05) is 59.8 Å². The molecule has 0 N–H and O–H groups in total. The van der Waals surface area contributed by atoms with Crippen LogP contribution in [0.3, 0.4) is 0 Å². The molecule has 0 aliphatic carbocycles. The molecule has 1 saturated heterocycles. The van der Waals surface area contributed by atoms with E-state index in [0.29, 0.717) is 0 Å². The molecule has 1 aliphatic rings. The quantitative estimate of drug-likeness (QED) is 0.600. The van der Waals surface area contributed by atoms with Crippen LogP contribution in [0.2, 0.25) is 0 Å². The number of nitrogens with zero attached hydrogens (tertiary/aromatic N) is 3. The second-order valence-electron chi connectivity index (χ2n) is 6.35. The molecule has 2 aromatic heterocycles. The van der Waals surface area contributed by atoms with E-state index in [9.17, 15) is 4.79 Å². The molecule has 0 radical (unpaired) electrons. The molecule has 4 nitrogen and oxygen atoms in total. The number of amides is 1. The summed E-state index contributed by atoms with van der Waals surface area (Å²) in [5.74, 6) is 1.04. The minimum Gasteiger partial charge on any atom is -0.368 e. The third kappa shape index (κ3) is 4.34. The Hall–Kier alpha value is -2.31. The highest BCUT2D eigenvalue weighted by molar-refractivity contribution is 7.98. The fourth-order valence-corrected chi connectivity index (χ4v) is 5.02. The summed E-state index contributed by atoms with van der Waals surface area (Å²) in [7, 11) is 0. The van der Waals surface area contributed by atoms with E-state index in [4.69, 9.17) is 0 Å². The van der Waals surface area contributed by atoms with Gasteiger partial charge in [-0.25, -0.2) is 0 Å². The molecule has 1 fully saturated rings. The van der Waals surface area contributed by atoms with Crippen LogP contribution in [0.4, 0.5) is 5.69 Å². The highest BCUT2D eigenvalue weighted by Gasteiger charge is 2.24. The van der Waals surface area contributed by atoms with E-state index in [1.54, 1.807) is 23.1 Å². The lowest BCUT2D eigenvalue weighted by molar-refractivity contribution is 0.0743. The lowest BCUT2D eigenvalue weighted by Crippen LogP contribution is -2.48. The van der Waals surface area contributed by atoms with Crippen LogP contribution >= 0.6 is 23.1 Å². The highest BCUT2D eigenvalue weighted by atomic mass is 32.2. The van der Waals surface area contributed by atoms with Gasteiger partial charge in [0.05, 0.1) is 5.56 Å². The molecule has 1 aliphatic heterocycles. The van der Waals surface area contributed by atoms with Gasteiger partial charge >= 0.3 is 0 Å². The summed E-state index contributed by atoms with van der Waals surface area (Å²) in [6.45, 7) is 3.18. The SMILES string of the molecule is O=C(c1ccccc1SCc1cccs1)N1CCN(c2ccncc2)CC1. The second-order valence-corrected chi connectivity index (χ2v) is 8.40. The third-order valence-electron chi connectivity index (χ3n) is 4.66. The van der Waals surface area contributed by atoms with Gasteiger partial charge in [-0.1, -0.05) is 18.2 Å². The van der Waals surface area contributed by atoms with Crippen molar-refractivity contribution in [1.82, 2.24) is 9.88 Å². The van der Waals surface area contributed by atoms with E-state index < -0.39 is 0 Å². The van der Waals surface area contributed by atoms with Crippen LogP contribution in [0.5, 0.6) is 0 Å². The van der Waals surface area contributed by atoms with Gasteiger partial charge in [0.1, 0.15) is 0 Å². The van der Waals surface area contributed by atoms with Crippen LogP contribution in [0.15, 0.2) is 71.2 Å². The third-order valence-corrected chi connectivity index (χ3v) is 6.84. The Morgan fingerprint density at radius 2 is 1.78 bits per heavy atom. The van der Waals surface area contributed by atoms with E-state index in [1.165, 1.54) is 10.6 Å². The smallest absolute Gasteiger partial charge is 0.255 e. The molecule has 1 aromatic carbocycles. The van der Waals surface area contributed by atoms with Crippen molar-refractivity contribution in [2.24, 2.45) is 0 Å². The van der Waals surface area contributed by atoms with E-state index in [1.807, 2.05) is 47.6 Å². The zero-order valence-electron chi connectivity index (χ0n) is 15.0. The monoisotopic (exact) mass is 395 g/mol. The molecule has 3 aromatic rings. The van der Waals surface area contributed by atoms with Crippen LogP contribution in [-0.4, -0.2) is 42.0 Å². The van der Waals surface area contributed by atoms with Crippen LogP contribution < -0.4 is 4.90 Å². The van der Waals surface area contributed by atoms with Crippen molar-refractivity contribution in [2.45, 2.75) is 10.6 Å². The van der Waals surface area contributed by atoms with Crippen LogP contribution in [0, 0.1) is 0 Å². The van der Waals surface area contributed by atoms with Crippen molar-refractivity contribution in [3.8, 4) is 0 Å². The maximum absolute atomic E-state index is 13.1. The Kier molecular flexibility index (Phi) is 5.75. The van der Waals surface area contributed by atoms with Gasteiger partial charge in [-0.05, 0) is 35.7 Å². The molecule has 27 heavy (non-hydrogen) atoms. The Bertz CT molecular complexity index is 875. The zero-order valence-corrected chi connectivity index (χ0v) is 16.6. The zero-order chi connectivity index (χ0) is 18.5. The number of carbonyl (C=O) groups is 1. The molecular formula is C21H21N3OS2. The molecular weight excluding hydrogens is 374 g/mol. The van der Waals surface area contributed by atoms with Crippen LogP contribution in [-0.2, 0) is 5.75 Å². The molecule has 0 bridgehead atoms. The fourth-order valence-electron chi connectivity index (χ4n) is 3.21. The molecule has 0 spiro atoms. The van der Waals surface area contributed by atoms with Crippen LogP contribution in [0.1, 0.15) is 15.2 Å². The summed E-state index contributed by atoms with van der Waals surface area (Å²) < 4.78 is 0. The van der Waals surface area contributed by atoms with Crippen molar-refractivity contribution < 1.29 is 4.79 Å². The average molecular weight is 396 g/mol. The predicted octanol–water partition coefficient (Wildman–Crippen LogP) is 4.40. The molecule has 138 valence electrons. The summed E-state index contributed by atoms with van der Waals surface area (Å²) in [6, 6.07) is 16.2. The first-order chi connectivity index (χ1) is 13.3. The number of thiophene rings is 1. The van der Waals surface area contributed by atoms with E-state index in [0.717, 1.165) is 42.4 Å². The number of carbonyl (C=O) groups excluding carboxylic acids is 1. The standard InChI is InChI=1S/C21H21N3OS2/c25-21(24-13-11-23(12-14-24)17-7-9-22-10-8-17)19-5-1-2-6-20(19)27-16-18-4-3-15-26-18/h1-10,15H,11-14,16H2. The number of anilines is 1. The molecule has 0 unspecified atom stereocenters. The number of thioether (sulfide) groups is 1. The normalized spacial score (nSPS) is 14.4. The summed E-state index contributed by atoms with van der Waals surface area (Å²) in [5, 5.41) is 2.09. The number of piperazine rings is 1. The fraction of sp³-hybridized carbons (Fsp3) is 0.238. The Balaban J connectivity index is 1.41. The minimum atomic E-state index is 0.138. The van der Waals surface area contributed by atoms with Crippen molar-refractivity contribution in [3.05, 3.63) is 76.7 Å². The highest BCUT2D eigenvalue weighted by Crippen LogP contribution is 2.29. The molecule has 6 heteroatoms. The molecule has 4 rings (SSSR count). The second kappa shape index (κ2) is 8.59. The number of rotatable bonds is 5. The first-order valence-corrected chi connectivity index (χ1v) is 10.9. The van der Waals surface area contributed by atoms with Gasteiger partial charge in [-0.2, -0.15) is 0 Å². The van der Waals surface area contributed by atoms with Gasteiger partial charge in [-0.15, -0.1) is 23.1 Å². The average Bonchev–Trinajstić information content (AvgIpc) is 3.26. The number of pyridine rings is 1. The Labute approximate surface area is 167 Å². The van der Waals surface area contributed by atoms with Crippen molar-refractivity contribution in [1.29, 1.82) is 0 Å². The van der Waals surface area contributed by atoms with Gasteiger partial charge in [0.25, 0.3) is 5.91 Å². The topological polar surface area (TPSA) is 36.4 Å². The summed E-state index contributed by atoms with van der Waals surface area (Å²) in [4.78, 5) is 23.9. The van der Waals surface area contributed by atoms with Crippen LogP contribution in [0.25, 0.3) is 0 Å². The predicted molar refractivity (Wildman–Crippen MR) is 113 cm³/mol.